The number of rotatable bonds is 8. The van der Waals surface area contributed by atoms with Crippen LogP contribution in [0.5, 0.6) is 0 Å². The Morgan fingerprint density at radius 2 is 1.76 bits per heavy atom. The number of Topliss-reactive ketones (excluding diaryl/α,β-unsaturated/α-hetero) is 1. The number of carbonyl (C=O) groups excluding carboxylic acids is 1. The Kier molecular flexibility index (Phi) is 8.35. The molecule has 6 nitrogen and oxygen atoms in total. The van der Waals surface area contributed by atoms with Crippen molar-refractivity contribution in [2.45, 2.75) is 46.2 Å². The van der Waals surface area contributed by atoms with Gasteiger partial charge in [-0.2, -0.15) is 0 Å². The number of hydrogen-bond donors (Lipinski definition) is 1. The summed E-state index contributed by atoms with van der Waals surface area (Å²) < 4.78 is 16.8. The van der Waals surface area contributed by atoms with Crippen molar-refractivity contribution in [3.8, 4) is 0 Å². The molecular weight excluding hydrogens is 549 g/mol. The van der Waals surface area contributed by atoms with E-state index in [0.29, 0.717) is 22.7 Å². The molecule has 0 amide bonds. The summed E-state index contributed by atoms with van der Waals surface area (Å²) in [6.45, 7) is 11.6. The number of anilines is 1. The summed E-state index contributed by atoms with van der Waals surface area (Å²) in [7, 11) is 0. The van der Waals surface area contributed by atoms with Crippen LogP contribution in [0.1, 0.15) is 58.4 Å². The van der Waals surface area contributed by atoms with Crippen molar-refractivity contribution in [2.24, 2.45) is 5.92 Å². The summed E-state index contributed by atoms with van der Waals surface area (Å²) in [4.78, 5) is 24.0. The lowest BCUT2D eigenvalue weighted by Gasteiger charge is -2.29. The minimum Gasteiger partial charge on any atom is -0.340 e. The normalized spacial score (nSPS) is 19.6. The van der Waals surface area contributed by atoms with Gasteiger partial charge in [-0.15, -0.1) is 0 Å². The highest BCUT2D eigenvalue weighted by Gasteiger charge is 2.41. The second-order valence-electron chi connectivity index (χ2n) is 11.7. The van der Waals surface area contributed by atoms with Gasteiger partial charge < -0.3 is 14.8 Å². The first-order chi connectivity index (χ1) is 20.4. The number of piperazine rings is 1. The molecule has 3 heterocycles. The summed E-state index contributed by atoms with van der Waals surface area (Å²) in [5.41, 5.74) is 5.90. The lowest BCUT2D eigenvalue weighted by molar-refractivity contribution is 0.0882. The number of fused-ring (bicyclic) bond motifs is 1. The maximum Gasteiger partial charge on any atom is 0.206 e. The number of hydrogen-bond acceptors (Lipinski definition) is 5. The zero-order chi connectivity index (χ0) is 29.4. The fraction of sp³-hybridized carbons (Fsp3) is 0.412. The Labute approximate surface area is 252 Å². The van der Waals surface area contributed by atoms with Gasteiger partial charge in [-0.3, -0.25) is 9.69 Å². The van der Waals surface area contributed by atoms with E-state index in [2.05, 4.69) is 26.6 Å². The Bertz CT molecular complexity index is 1570. The van der Waals surface area contributed by atoms with Gasteiger partial charge in [0.25, 0.3) is 0 Å². The predicted octanol–water partition coefficient (Wildman–Crippen LogP) is 6.56. The van der Waals surface area contributed by atoms with Gasteiger partial charge in [0.1, 0.15) is 5.82 Å². The number of benzene rings is 3. The first-order valence-electron chi connectivity index (χ1n) is 15.1. The number of carbonyl (C=O) groups is 1. The van der Waals surface area contributed by atoms with Crippen molar-refractivity contribution in [2.75, 3.05) is 44.2 Å². The molecule has 2 saturated heterocycles. The third-order valence-electron chi connectivity index (χ3n) is 8.79. The molecule has 2 fully saturated rings. The van der Waals surface area contributed by atoms with Crippen LogP contribution in [-0.4, -0.2) is 59.5 Å². The molecular formula is C34H39ClFN5O. The third kappa shape index (κ3) is 5.46. The van der Waals surface area contributed by atoms with Crippen LogP contribution in [0.4, 0.5) is 10.3 Å². The van der Waals surface area contributed by atoms with E-state index in [1.165, 1.54) is 0 Å². The third-order valence-corrected chi connectivity index (χ3v) is 9.01. The lowest BCUT2D eigenvalue weighted by Crippen LogP contribution is -2.44. The second-order valence-corrected chi connectivity index (χ2v) is 12.2. The molecule has 0 aliphatic carbocycles. The Hall–Kier alpha value is -3.26. The summed E-state index contributed by atoms with van der Waals surface area (Å²) in [6, 6.07) is 17.4. The molecule has 0 unspecified atom stereocenters. The summed E-state index contributed by atoms with van der Waals surface area (Å²) in [5.74, 6) is 0.719. The molecule has 0 radical (unpaired) electrons. The molecule has 220 valence electrons. The molecule has 0 spiro atoms. The number of aryl methyl sites for hydroxylation is 2. The van der Waals surface area contributed by atoms with Gasteiger partial charge in [-0.1, -0.05) is 61.0 Å². The number of aromatic nitrogens is 2. The Morgan fingerprint density at radius 1 is 1.05 bits per heavy atom. The highest BCUT2D eigenvalue weighted by molar-refractivity contribution is 6.31. The molecule has 2 aliphatic rings. The zero-order valence-corrected chi connectivity index (χ0v) is 25.4. The SMILES string of the molecule is CCCN1CC[C@@H](C(=O)c2ccccc2)[C@@H]1c1cc(Cl)cc2c1nc(N1CCNCC1)n2Cc1cc(C)c(F)c(C)c1. The molecule has 0 bridgehead atoms. The van der Waals surface area contributed by atoms with Gasteiger partial charge in [0.05, 0.1) is 17.6 Å². The van der Waals surface area contributed by atoms with Gasteiger partial charge in [0, 0.05) is 48.7 Å². The van der Waals surface area contributed by atoms with Crippen molar-refractivity contribution < 1.29 is 9.18 Å². The summed E-state index contributed by atoms with van der Waals surface area (Å²) in [6.07, 6.45) is 1.79. The van der Waals surface area contributed by atoms with Crippen molar-refractivity contribution in [3.63, 3.8) is 0 Å². The molecule has 1 N–H and O–H groups in total. The Morgan fingerprint density at radius 3 is 2.45 bits per heavy atom. The average molecular weight is 588 g/mol. The minimum absolute atomic E-state index is 0.117. The summed E-state index contributed by atoms with van der Waals surface area (Å²) in [5, 5.41) is 4.07. The van der Waals surface area contributed by atoms with E-state index >= 15 is 0 Å². The molecule has 3 aromatic carbocycles. The van der Waals surface area contributed by atoms with Gasteiger partial charge in [-0.25, -0.2) is 9.37 Å². The molecule has 2 atom stereocenters. The number of halogens is 2. The van der Waals surface area contributed by atoms with E-state index in [0.717, 1.165) is 85.8 Å². The number of nitrogens with one attached hydrogen (secondary N) is 1. The van der Waals surface area contributed by atoms with E-state index < -0.39 is 0 Å². The van der Waals surface area contributed by atoms with Crippen LogP contribution >= 0.6 is 11.6 Å². The largest absolute Gasteiger partial charge is 0.340 e. The minimum atomic E-state index is -0.184. The number of likely N-dealkylation sites (tertiary alicyclic amines) is 1. The van der Waals surface area contributed by atoms with Crippen LogP contribution in [-0.2, 0) is 6.54 Å². The zero-order valence-electron chi connectivity index (χ0n) is 24.7. The average Bonchev–Trinajstić information content (AvgIpc) is 3.58. The molecule has 4 aromatic rings. The van der Waals surface area contributed by atoms with Crippen molar-refractivity contribution in [1.82, 2.24) is 19.8 Å². The van der Waals surface area contributed by atoms with E-state index in [1.807, 2.05) is 68.4 Å². The fourth-order valence-corrected chi connectivity index (χ4v) is 7.12. The maximum absolute atomic E-state index is 14.5. The van der Waals surface area contributed by atoms with E-state index in [-0.39, 0.29) is 23.6 Å². The standard InChI is InChI=1S/C34H39ClFN5O/c1-4-13-39-14-10-27(33(42)25-8-6-5-7-9-25)32(39)28-19-26(35)20-29-31(28)38-34(40-15-11-37-12-16-40)41(29)21-24-17-22(2)30(36)23(3)18-24/h5-9,17-20,27,32,37H,4,10-16,21H2,1-3H3/t27-,32-/m1/s1. The summed E-state index contributed by atoms with van der Waals surface area (Å²) >= 11 is 6.89. The topological polar surface area (TPSA) is 53.4 Å². The van der Waals surface area contributed by atoms with E-state index in [4.69, 9.17) is 16.6 Å². The highest BCUT2D eigenvalue weighted by atomic mass is 35.5. The molecule has 8 heteroatoms. The van der Waals surface area contributed by atoms with Crippen LogP contribution < -0.4 is 10.2 Å². The quantitative estimate of drug-likeness (QED) is 0.237. The second kappa shape index (κ2) is 12.2. The molecule has 42 heavy (non-hydrogen) atoms. The number of ketones is 1. The van der Waals surface area contributed by atoms with Gasteiger partial charge in [0.15, 0.2) is 5.78 Å². The number of nitrogens with zero attached hydrogens (tertiary/aromatic N) is 4. The monoisotopic (exact) mass is 587 g/mol. The van der Waals surface area contributed by atoms with E-state index in [9.17, 15) is 9.18 Å². The predicted molar refractivity (Wildman–Crippen MR) is 168 cm³/mol. The molecule has 6 rings (SSSR count). The van der Waals surface area contributed by atoms with Crippen LogP contribution in [0.25, 0.3) is 11.0 Å². The lowest BCUT2D eigenvalue weighted by atomic mass is 9.86. The smallest absolute Gasteiger partial charge is 0.206 e. The fourth-order valence-electron chi connectivity index (χ4n) is 6.90. The first kappa shape index (κ1) is 28.8. The van der Waals surface area contributed by atoms with Gasteiger partial charge in [0.2, 0.25) is 5.95 Å². The highest BCUT2D eigenvalue weighted by Crippen LogP contribution is 2.43. The first-order valence-corrected chi connectivity index (χ1v) is 15.5. The van der Waals surface area contributed by atoms with Crippen molar-refractivity contribution >= 4 is 34.4 Å². The van der Waals surface area contributed by atoms with E-state index in [1.54, 1.807) is 0 Å². The molecule has 1 aromatic heterocycles. The van der Waals surface area contributed by atoms with Crippen LogP contribution in [0.3, 0.4) is 0 Å². The molecule has 0 saturated carbocycles. The van der Waals surface area contributed by atoms with Gasteiger partial charge >= 0.3 is 0 Å². The molecule has 2 aliphatic heterocycles. The van der Waals surface area contributed by atoms with Crippen LogP contribution in [0, 0.1) is 25.6 Å². The number of imidazole rings is 1. The maximum atomic E-state index is 14.5. The van der Waals surface area contributed by atoms with Crippen LogP contribution in [0.2, 0.25) is 5.02 Å². The van der Waals surface area contributed by atoms with Crippen LogP contribution in [0.15, 0.2) is 54.6 Å². The van der Waals surface area contributed by atoms with Crippen molar-refractivity contribution in [1.29, 1.82) is 0 Å². The Balaban J connectivity index is 1.51. The van der Waals surface area contributed by atoms with Crippen molar-refractivity contribution in [3.05, 3.63) is 93.3 Å². The van der Waals surface area contributed by atoms with Gasteiger partial charge in [-0.05, 0) is 74.2 Å².